The zero-order valence-corrected chi connectivity index (χ0v) is 11.7. The molecule has 0 atom stereocenters. The van der Waals surface area contributed by atoms with Gasteiger partial charge in [-0.05, 0) is 43.0 Å². The van der Waals surface area contributed by atoms with Gasteiger partial charge in [0.15, 0.2) is 0 Å². The second kappa shape index (κ2) is 5.70. The number of nitrogens with zero attached hydrogens (tertiary/aromatic N) is 2. The molecule has 1 aliphatic rings. The van der Waals surface area contributed by atoms with Crippen molar-refractivity contribution in [2.45, 2.75) is 46.1 Å². The number of hydrogen-bond acceptors (Lipinski definition) is 3. The van der Waals surface area contributed by atoms with Crippen LogP contribution in [-0.4, -0.2) is 23.0 Å². The highest BCUT2D eigenvalue weighted by molar-refractivity contribution is 5.29. The van der Waals surface area contributed by atoms with E-state index < -0.39 is 0 Å². The van der Waals surface area contributed by atoms with Crippen LogP contribution in [0.5, 0.6) is 0 Å². The lowest BCUT2D eigenvalue weighted by molar-refractivity contribution is 0.0908. The topological polar surface area (TPSA) is 42.1 Å². The zero-order valence-electron chi connectivity index (χ0n) is 11.7. The lowest BCUT2D eigenvalue weighted by Gasteiger charge is -2.41. The zero-order chi connectivity index (χ0) is 13.0. The fraction of sp³-hybridized carbons (Fsp3) is 0.667. The van der Waals surface area contributed by atoms with Crippen molar-refractivity contribution in [1.29, 1.82) is 0 Å². The summed E-state index contributed by atoms with van der Waals surface area (Å²) >= 11 is 0. The normalized spacial score (nSPS) is 19.9. The van der Waals surface area contributed by atoms with Crippen LogP contribution in [-0.2, 0) is 6.54 Å². The van der Waals surface area contributed by atoms with E-state index in [-0.39, 0.29) is 0 Å². The summed E-state index contributed by atoms with van der Waals surface area (Å²) in [7, 11) is 0. The smallest absolute Gasteiger partial charge is 0.123 e. The van der Waals surface area contributed by atoms with Crippen LogP contribution in [0.3, 0.4) is 0 Å². The van der Waals surface area contributed by atoms with E-state index in [2.05, 4.69) is 29.8 Å². The summed E-state index contributed by atoms with van der Waals surface area (Å²) in [6.07, 6.45) is 7.21. The number of nitrogens with two attached hydrogens (primary N) is 1. The van der Waals surface area contributed by atoms with Crippen LogP contribution < -0.4 is 5.73 Å². The van der Waals surface area contributed by atoms with E-state index in [0.29, 0.717) is 11.2 Å². The molecule has 2 heterocycles. The van der Waals surface area contributed by atoms with Gasteiger partial charge in [0, 0.05) is 12.7 Å². The van der Waals surface area contributed by atoms with Crippen LogP contribution in [0.25, 0.3) is 0 Å². The highest BCUT2D eigenvalue weighted by Crippen LogP contribution is 2.38. The SMILES string of the molecule is CCC1(CC)CCN(Cc2ccc(N)nc2)CC1. The average molecular weight is 247 g/mol. The van der Waals surface area contributed by atoms with E-state index in [1.54, 1.807) is 0 Å². The molecular formula is C15H25N3. The molecule has 1 aromatic rings. The Balaban J connectivity index is 1.88. The molecule has 18 heavy (non-hydrogen) atoms. The number of anilines is 1. The summed E-state index contributed by atoms with van der Waals surface area (Å²) in [6, 6.07) is 3.98. The van der Waals surface area contributed by atoms with Gasteiger partial charge in [-0.15, -0.1) is 0 Å². The maximum Gasteiger partial charge on any atom is 0.123 e. The van der Waals surface area contributed by atoms with Gasteiger partial charge in [0.05, 0.1) is 0 Å². The van der Waals surface area contributed by atoms with Gasteiger partial charge >= 0.3 is 0 Å². The summed E-state index contributed by atoms with van der Waals surface area (Å²) in [5.74, 6) is 0.605. The summed E-state index contributed by atoms with van der Waals surface area (Å²) in [5.41, 5.74) is 7.48. The van der Waals surface area contributed by atoms with Gasteiger partial charge in [0.25, 0.3) is 0 Å². The minimum absolute atomic E-state index is 0.605. The first kappa shape index (κ1) is 13.3. The standard InChI is InChI=1S/C15H25N3/c1-3-15(4-2)7-9-18(10-8-15)12-13-5-6-14(16)17-11-13/h5-6,11H,3-4,7-10,12H2,1-2H3,(H2,16,17). The second-order valence-electron chi connectivity index (χ2n) is 5.57. The average Bonchev–Trinajstić information content (AvgIpc) is 2.43. The Kier molecular flexibility index (Phi) is 4.23. The van der Waals surface area contributed by atoms with Gasteiger partial charge in [0.2, 0.25) is 0 Å². The first-order chi connectivity index (χ1) is 8.67. The third-order valence-corrected chi connectivity index (χ3v) is 4.67. The molecule has 1 saturated heterocycles. The Morgan fingerprint density at radius 2 is 1.89 bits per heavy atom. The van der Waals surface area contributed by atoms with Crippen molar-refractivity contribution in [3.63, 3.8) is 0 Å². The van der Waals surface area contributed by atoms with E-state index in [0.717, 1.165) is 6.54 Å². The van der Waals surface area contributed by atoms with Gasteiger partial charge in [-0.2, -0.15) is 0 Å². The van der Waals surface area contributed by atoms with Crippen molar-refractivity contribution in [3.05, 3.63) is 23.9 Å². The molecule has 3 heteroatoms. The molecule has 2 N–H and O–H groups in total. The Hall–Kier alpha value is -1.09. The third kappa shape index (κ3) is 3.02. The predicted molar refractivity (Wildman–Crippen MR) is 76.2 cm³/mol. The highest BCUT2D eigenvalue weighted by atomic mass is 15.1. The van der Waals surface area contributed by atoms with Gasteiger partial charge in [-0.3, -0.25) is 4.90 Å². The minimum Gasteiger partial charge on any atom is -0.384 e. The molecule has 0 unspecified atom stereocenters. The molecule has 0 radical (unpaired) electrons. The van der Waals surface area contributed by atoms with Crippen LogP contribution in [0.15, 0.2) is 18.3 Å². The van der Waals surface area contributed by atoms with Gasteiger partial charge in [-0.1, -0.05) is 32.8 Å². The van der Waals surface area contributed by atoms with Crippen molar-refractivity contribution in [2.24, 2.45) is 5.41 Å². The lowest BCUT2D eigenvalue weighted by atomic mass is 9.74. The van der Waals surface area contributed by atoms with Crippen molar-refractivity contribution in [2.75, 3.05) is 18.8 Å². The maximum atomic E-state index is 5.61. The monoisotopic (exact) mass is 247 g/mol. The fourth-order valence-electron chi connectivity index (χ4n) is 2.93. The molecule has 0 amide bonds. The molecule has 0 saturated carbocycles. The molecule has 0 spiro atoms. The number of likely N-dealkylation sites (tertiary alicyclic amines) is 1. The number of nitrogen functional groups attached to an aromatic ring is 1. The Morgan fingerprint density at radius 3 is 2.39 bits per heavy atom. The minimum atomic E-state index is 0.605. The molecular weight excluding hydrogens is 222 g/mol. The Bertz CT molecular complexity index is 358. The summed E-state index contributed by atoms with van der Waals surface area (Å²) in [4.78, 5) is 6.70. The van der Waals surface area contributed by atoms with Crippen LogP contribution in [0.4, 0.5) is 5.82 Å². The van der Waals surface area contributed by atoms with E-state index in [9.17, 15) is 0 Å². The molecule has 0 aromatic carbocycles. The van der Waals surface area contributed by atoms with Crippen molar-refractivity contribution >= 4 is 5.82 Å². The number of rotatable bonds is 4. The molecule has 0 aliphatic carbocycles. The van der Waals surface area contributed by atoms with Crippen LogP contribution in [0.2, 0.25) is 0 Å². The Labute approximate surface area is 110 Å². The first-order valence-corrected chi connectivity index (χ1v) is 7.10. The van der Waals surface area contributed by atoms with Gasteiger partial charge in [-0.25, -0.2) is 4.98 Å². The Morgan fingerprint density at radius 1 is 1.22 bits per heavy atom. The van der Waals surface area contributed by atoms with Crippen molar-refractivity contribution in [1.82, 2.24) is 9.88 Å². The van der Waals surface area contributed by atoms with Crippen molar-refractivity contribution in [3.8, 4) is 0 Å². The molecule has 3 nitrogen and oxygen atoms in total. The lowest BCUT2D eigenvalue weighted by Crippen LogP contribution is -2.39. The molecule has 1 aromatic heterocycles. The van der Waals surface area contributed by atoms with E-state index in [1.807, 2.05) is 12.3 Å². The van der Waals surface area contributed by atoms with Gasteiger partial charge in [0.1, 0.15) is 5.82 Å². The van der Waals surface area contributed by atoms with E-state index in [4.69, 9.17) is 5.73 Å². The fourth-order valence-corrected chi connectivity index (χ4v) is 2.93. The third-order valence-electron chi connectivity index (χ3n) is 4.67. The predicted octanol–water partition coefficient (Wildman–Crippen LogP) is 3.07. The molecule has 1 aliphatic heterocycles. The quantitative estimate of drug-likeness (QED) is 0.889. The summed E-state index contributed by atoms with van der Waals surface area (Å²) < 4.78 is 0. The molecule has 1 fully saturated rings. The molecule has 100 valence electrons. The molecule has 2 rings (SSSR count). The van der Waals surface area contributed by atoms with Crippen LogP contribution in [0, 0.1) is 5.41 Å². The second-order valence-corrected chi connectivity index (χ2v) is 5.57. The largest absolute Gasteiger partial charge is 0.384 e. The number of piperidine rings is 1. The van der Waals surface area contributed by atoms with E-state index in [1.165, 1.54) is 44.3 Å². The highest BCUT2D eigenvalue weighted by Gasteiger charge is 2.30. The first-order valence-electron chi connectivity index (χ1n) is 7.10. The number of aromatic nitrogens is 1. The molecule has 0 bridgehead atoms. The maximum absolute atomic E-state index is 5.61. The van der Waals surface area contributed by atoms with Crippen LogP contribution >= 0.6 is 0 Å². The van der Waals surface area contributed by atoms with E-state index >= 15 is 0 Å². The summed E-state index contributed by atoms with van der Waals surface area (Å²) in [5, 5.41) is 0. The number of pyridine rings is 1. The van der Waals surface area contributed by atoms with Crippen molar-refractivity contribution < 1.29 is 0 Å². The summed E-state index contributed by atoms with van der Waals surface area (Å²) in [6.45, 7) is 8.11. The number of hydrogen-bond donors (Lipinski definition) is 1. The van der Waals surface area contributed by atoms with Crippen LogP contribution in [0.1, 0.15) is 45.1 Å². The van der Waals surface area contributed by atoms with Gasteiger partial charge < -0.3 is 5.73 Å².